The number of hydrogen-bond acceptors (Lipinski definition) is 6. The number of nitrogens with zero attached hydrogens (tertiary/aromatic N) is 2. The van der Waals surface area contributed by atoms with Crippen LogP contribution >= 0.6 is 0 Å². The number of anilines is 2. The second-order valence-corrected chi connectivity index (χ2v) is 4.16. The lowest BCUT2D eigenvalue weighted by molar-refractivity contribution is 0.297. The van der Waals surface area contributed by atoms with E-state index in [0.717, 1.165) is 12.1 Å². The zero-order valence-corrected chi connectivity index (χ0v) is 11.3. The van der Waals surface area contributed by atoms with Gasteiger partial charge in [-0.2, -0.15) is 9.97 Å². The van der Waals surface area contributed by atoms with Crippen LogP contribution in [0.4, 0.5) is 11.8 Å². The van der Waals surface area contributed by atoms with E-state index in [1.54, 1.807) is 6.07 Å². The van der Waals surface area contributed by atoms with Gasteiger partial charge in [-0.05, 0) is 25.0 Å². The normalized spacial score (nSPS) is 10.3. The Bertz CT molecular complexity index is 575. The van der Waals surface area contributed by atoms with Crippen LogP contribution in [0, 0.1) is 0 Å². The van der Waals surface area contributed by atoms with Gasteiger partial charge in [-0.3, -0.25) is 0 Å². The van der Waals surface area contributed by atoms with Crippen LogP contribution in [0.1, 0.15) is 12.5 Å². The molecule has 0 spiro atoms. The summed E-state index contributed by atoms with van der Waals surface area (Å²) in [7, 11) is 0. The Kier molecular flexibility index (Phi) is 4.73. The number of aliphatic hydroxyl groups excluding tert-OH is 1. The number of ether oxygens (including phenoxy) is 1. The molecular formula is C14H18N4O2. The number of benzene rings is 1. The van der Waals surface area contributed by atoms with Gasteiger partial charge in [0.2, 0.25) is 11.8 Å². The van der Waals surface area contributed by atoms with Crippen LogP contribution in [-0.4, -0.2) is 28.2 Å². The van der Waals surface area contributed by atoms with E-state index in [1.165, 1.54) is 0 Å². The van der Waals surface area contributed by atoms with Crippen molar-refractivity contribution in [2.75, 3.05) is 24.2 Å². The first-order chi connectivity index (χ1) is 9.72. The number of nitrogens with one attached hydrogen (secondary N) is 1. The van der Waals surface area contributed by atoms with Crippen molar-refractivity contribution >= 4 is 11.8 Å². The second kappa shape index (κ2) is 6.72. The Morgan fingerprint density at radius 3 is 2.85 bits per heavy atom. The molecule has 0 bridgehead atoms. The second-order valence-electron chi connectivity index (χ2n) is 4.16. The lowest BCUT2D eigenvalue weighted by atomic mass is 10.1. The number of nitrogen functional groups attached to an aromatic ring is 1. The molecule has 0 radical (unpaired) electrons. The molecule has 0 saturated heterocycles. The first-order valence-corrected chi connectivity index (χ1v) is 6.48. The van der Waals surface area contributed by atoms with E-state index in [1.807, 2.05) is 31.2 Å². The minimum Gasteiger partial charge on any atom is -0.438 e. The molecule has 0 saturated carbocycles. The Morgan fingerprint density at radius 1 is 1.30 bits per heavy atom. The van der Waals surface area contributed by atoms with E-state index < -0.39 is 0 Å². The lowest BCUT2D eigenvalue weighted by Gasteiger charge is -2.11. The zero-order chi connectivity index (χ0) is 14.4. The SMILES string of the molecule is CCNc1cc(Oc2ccccc2CCO)nc(N)n1. The third kappa shape index (κ3) is 3.58. The minimum absolute atomic E-state index is 0.0644. The quantitative estimate of drug-likeness (QED) is 0.744. The fourth-order valence-electron chi connectivity index (χ4n) is 1.81. The number of hydrogen-bond donors (Lipinski definition) is 3. The first kappa shape index (κ1) is 14.1. The molecule has 0 aliphatic rings. The van der Waals surface area contributed by atoms with Gasteiger partial charge in [0.1, 0.15) is 11.6 Å². The highest BCUT2D eigenvalue weighted by atomic mass is 16.5. The molecule has 0 aliphatic heterocycles. The highest BCUT2D eigenvalue weighted by Gasteiger charge is 2.07. The van der Waals surface area contributed by atoms with E-state index >= 15 is 0 Å². The molecule has 1 aromatic carbocycles. The summed E-state index contributed by atoms with van der Waals surface area (Å²) in [5.74, 6) is 1.80. The summed E-state index contributed by atoms with van der Waals surface area (Å²) >= 11 is 0. The van der Waals surface area contributed by atoms with E-state index in [9.17, 15) is 0 Å². The summed E-state index contributed by atoms with van der Waals surface area (Å²) in [5, 5.41) is 12.1. The largest absolute Gasteiger partial charge is 0.438 e. The molecule has 0 amide bonds. The summed E-state index contributed by atoms with van der Waals surface area (Å²) in [4.78, 5) is 8.11. The molecule has 106 valence electrons. The van der Waals surface area contributed by atoms with Crippen LogP contribution < -0.4 is 15.8 Å². The van der Waals surface area contributed by atoms with Gasteiger partial charge in [-0.25, -0.2) is 0 Å². The number of para-hydroxylation sites is 1. The van der Waals surface area contributed by atoms with Crippen LogP contribution in [-0.2, 0) is 6.42 Å². The van der Waals surface area contributed by atoms with E-state index in [-0.39, 0.29) is 12.6 Å². The third-order valence-corrected chi connectivity index (χ3v) is 2.65. The summed E-state index contributed by atoms with van der Waals surface area (Å²) in [6, 6.07) is 9.19. The third-order valence-electron chi connectivity index (χ3n) is 2.65. The van der Waals surface area contributed by atoms with Gasteiger partial charge >= 0.3 is 0 Å². The van der Waals surface area contributed by atoms with E-state index in [2.05, 4.69) is 15.3 Å². The molecule has 2 rings (SSSR count). The highest BCUT2D eigenvalue weighted by molar-refractivity contribution is 5.45. The molecule has 0 unspecified atom stereocenters. The molecular weight excluding hydrogens is 256 g/mol. The van der Waals surface area contributed by atoms with Gasteiger partial charge in [0.15, 0.2) is 0 Å². The molecule has 20 heavy (non-hydrogen) atoms. The molecule has 6 heteroatoms. The number of aliphatic hydroxyl groups is 1. The number of rotatable bonds is 6. The summed E-state index contributed by atoms with van der Waals surface area (Å²) in [6.07, 6.45) is 0.525. The van der Waals surface area contributed by atoms with Gasteiger partial charge in [0.25, 0.3) is 0 Å². The smallest absolute Gasteiger partial charge is 0.226 e. The van der Waals surface area contributed by atoms with Crippen molar-refractivity contribution in [1.29, 1.82) is 0 Å². The fourth-order valence-corrected chi connectivity index (χ4v) is 1.81. The van der Waals surface area contributed by atoms with E-state index in [4.69, 9.17) is 15.6 Å². The number of aromatic nitrogens is 2. The van der Waals surface area contributed by atoms with E-state index in [0.29, 0.717) is 23.9 Å². The number of nitrogens with two attached hydrogens (primary N) is 1. The van der Waals surface area contributed by atoms with Crippen molar-refractivity contribution in [2.45, 2.75) is 13.3 Å². The average Bonchev–Trinajstić information content (AvgIpc) is 2.41. The maximum atomic E-state index is 9.06. The lowest BCUT2D eigenvalue weighted by Crippen LogP contribution is -2.04. The Hall–Kier alpha value is -2.34. The minimum atomic E-state index is 0.0644. The van der Waals surface area contributed by atoms with Crippen molar-refractivity contribution in [3.8, 4) is 11.6 Å². The monoisotopic (exact) mass is 274 g/mol. The summed E-state index contributed by atoms with van der Waals surface area (Å²) in [6.45, 7) is 2.77. The topological polar surface area (TPSA) is 93.3 Å². The standard InChI is InChI=1S/C14H18N4O2/c1-2-16-12-9-13(18-14(15)17-12)20-11-6-4-3-5-10(11)7-8-19/h3-6,9,19H,2,7-8H2,1H3,(H3,15,16,17,18). The summed E-state index contributed by atoms with van der Waals surface area (Å²) in [5.41, 5.74) is 6.57. The molecule has 2 aromatic rings. The van der Waals surface area contributed by atoms with Crippen LogP contribution in [0.15, 0.2) is 30.3 Å². The van der Waals surface area contributed by atoms with Gasteiger partial charge in [0.05, 0.1) is 0 Å². The van der Waals surface area contributed by atoms with Crippen molar-refractivity contribution in [3.63, 3.8) is 0 Å². The Balaban J connectivity index is 2.25. The Morgan fingerprint density at radius 2 is 2.10 bits per heavy atom. The van der Waals surface area contributed by atoms with Gasteiger partial charge in [-0.15, -0.1) is 0 Å². The van der Waals surface area contributed by atoms with Crippen molar-refractivity contribution in [2.24, 2.45) is 0 Å². The van der Waals surface area contributed by atoms with Crippen LogP contribution in [0.5, 0.6) is 11.6 Å². The molecule has 0 atom stereocenters. The molecule has 0 fully saturated rings. The first-order valence-electron chi connectivity index (χ1n) is 6.48. The zero-order valence-electron chi connectivity index (χ0n) is 11.3. The molecule has 6 nitrogen and oxygen atoms in total. The summed E-state index contributed by atoms with van der Waals surface area (Å²) < 4.78 is 5.75. The van der Waals surface area contributed by atoms with Crippen LogP contribution in [0.25, 0.3) is 0 Å². The maximum absolute atomic E-state index is 9.06. The van der Waals surface area contributed by atoms with Crippen LogP contribution in [0.3, 0.4) is 0 Å². The Labute approximate surface area is 117 Å². The molecule has 1 aromatic heterocycles. The maximum Gasteiger partial charge on any atom is 0.226 e. The highest BCUT2D eigenvalue weighted by Crippen LogP contribution is 2.26. The fraction of sp³-hybridized carbons (Fsp3) is 0.286. The predicted molar refractivity (Wildman–Crippen MR) is 77.9 cm³/mol. The van der Waals surface area contributed by atoms with Crippen molar-refractivity contribution < 1.29 is 9.84 Å². The average molecular weight is 274 g/mol. The van der Waals surface area contributed by atoms with Crippen molar-refractivity contribution in [1.82, 2.24) is 9.97 Å². The van der Waals surface area contributed by atoms with Gasteiger partial charge in [-0.1, -0.05) is 18.2 Å². The molecule has 0 aliphatic carbocycles. The van der Waals surface area contributed by atoms with Crippen LogP contribution in [0.2, 0.25) is 0 Å². The van der Waals surface area contributed by atoms with Crippen molar-refractivity contribution in [3.05, 3.63) is 35.9 Å². The predicted octanol–water partition coefficient (Wildman–Crippen LogP) is 1.82. The van der Waals surface area contributed by atoms with Gasteiger partial charge < -0.3 is 20.9 Å². The van der Waals surface area contributed by atoms with Gasteiger partial charge in [0, 0.05) is 19.2 Å². The molecule has 4 N–H and O–H groups in total. The molecule has 1 heterocycles.